The zero-order valence-corrected chi connectivity index (χ0v) is 12.4. The number of carbonyl (C=O) groups excluding carboxylic acids is 1. The number of aromatic carboxylic acids is 1. The van der Waals surface area contributed by atoms with Crippen LogP contribution in [0.1, 0.15) is 15.2 Å². The highest BCUT2D eigenvalue weighted by Gasteiger charge is 2.23. The summed E-state index contributed by atoms with van der Waals surface area (Å²) >= 11 is 1.13. The van der Waals surface area contributed by atoms with Crippen LogP contribution in [0.2, 0.25) is 0 Å². The zero-order chi connectivity index (χ0) is 15.4. The predicted molar refractivity (Wildman–Crippen MR) is 79.0 cm³/mol. The Morgan fingerprint density at radius 3 is 2.48 bits per heavy atom. The summed E-state index contributed by atoms with van der Waals surface area (Å²) in [6, 6.07) is 9.44. The molecule has 5 nitrogen and oxygen atoms in total. The van der Waals surface area contributed by atoms with Gasteiger partial charge in [0.15, 0.2) is 11.5 Å². The molecule has 0 atom stereocenters. The first kappa shape index (κ1) is 15.1. The predicted octanol–water partition coefficient (Wildman–Crippen LogP) is 2.97. The number of ether oxygens (including phenoxy) is 2. The molecule has 110 valence electrons. The molecule has 0 aliphatic heterocycles. The Balaban J connectivity index is 2.41. The molecule has 1 heterocycles. The fourth-order valence-electron chi connectivity index (χ4n) is 1.87. The van der Waals surface area contributed by atoms with Crippen LogP contribution in [-0.2, 0) is 9.53 Å². The minimum atomic E-state index is -1.08. The molecule has 0 saturated heterocycles. The van der Waals surface area contributed by atoms with E-state index in [0.717, 1.165) is 21.8 Å². The lowest BCUT2D eigenvalue weighted by Gasteiger charge is -2.06. The standard InChI is InChI=1S/C15H14O5S/c1-9-12(20-8-11(16)19-2)14(15(17)18)21-13(9)10-6-4-3-5-7-10/h3-7H,8H2,1-2H3,(H,17,18). The number of carboxylic acids is 1. The van der Waals surface area contributed by atoms with Crippen molar-refractivity contribution in [3.63, 3.8) is 0 Å². The van der Waals surface area contributed by atoms with Gasteiger partial charge >= 0.3 is 11.9 Å². The molecule has 1 N–H and O–H groups in total. The normalized spacial score (nSPS) is 10.2. The molecule has 1 aromatic heterocycles. The van der Waals surface area contributed by atoms with E-state index < -0.39 is 11.9 Å². The lowest BCUT2D eigenvalue weighted by Crippen LogP contribution is -2.13. The topological polar surface area (TPSA) is 72.8 Å². The molecule has 0 amide bonds. The monoisotopic (exact) mass is 306 g/mol. The van der Waals surface area contributed by atoms with Gasteiger partial charge in [-0.2, -0.15) is 0 Å². The second kappa shape index (κ2) is 6.41. The maximum atomic E-state index is 11.3. The average molecular weight is 306 g/mol. The Bertz CT molecular complexity index is 660. The van der Waals surface area contributed by atoms with E-state index in [4.69, 9.17) is 4.74 Å². The van der Waals surface area contributed by atoms with Crippen molar-refractivity contribution in [2.24, 2.45) is 0 Å². The first-order valence-corrected chi connectivity index (χ1v) is 6.98. The molecule has 2 aromatic rings. The van der Waals surface area contributed by atoms with Gasteiger partial charge in [-0.05, 0) is 12.5 Å². The maximum Gasteiger partial charge on any atom is 0.349 e. The highest BCUT2D eigenvalue weighted by atomic mass is 32.1. The van der Waals surface area contributed by atoms with Crippen molar-refractivity contribution in [3.05, 3.63) is 40.8 Å². The van der Waals surface area contributed by atoms with E-state index in [1.807, 2.05) is 30.3 Å². The van der Waals surface area contributed by atoms with Crippen LogP contribution in [0, 0.1) is 6.92 Å². The van der Waals surface area contributed by atoms with Crippen LogP contribution < -0.4 is 4.74 Å². The number of esters is 1. The van der Waals surface area contributed by atoms with E-state index in [-0.39, 0.29) is 17.2 Å². The summed E-state index contributed by atoms with van der Waals surface area (Å²) in [6.07, 6.45) is 0. The molecule has 0 saturated carbocycles. The minimum absolute atomic E-state index is 0.0789. The summed E-state index contributed by atoms with van der Waals surface area (Å²) in [6.45, 7) is 1.46. The van der Waals surface area contributed by atoms with Gasteiger partial charge in [0.05, 0.1) is 7.11 Å². The van der Waals surface area contributed by atoms with Crippen LogP contribution in [0.25, 0.3) is 10.4 Å². The van der Waals surface area contributed by atoms with E-state index in [0.29, 0.717) is 5.56 Å². The van der Waals surface area contributed by atoms with Crippen LogP contribution in [-0.4, -0.2) is 30.8 Å². The Morgan fingerprint density at radius 1 is 1.24 bits per heavy atom. The molecule has 0 radical (unpaired) electrons. The summed E-state index contributed by atoms with van der Waals surface area (Å²) in [5, 5.41) is 9.29. The fraction of sp³-hybridized carbons (Fsp3) is 0.200. The van der Waals surface area contributed by atoms with E-state index in [1.54, 1.807) is 6.92 Å². The lowest BCUT2D eigenvalue weighted by molar-refractivity contribution is -0.142. The maximum absolute atomic E-state index is 11.3. The van der Waals surface area contributed by atoms with Gasteiger partial charge in [0.25, 0.3) is 0 Å². The Hall–Kier alpha value is -2.34. The van der Waals surface area contributed by atoms with Crippen molar-refractivity contribution in [1.82, 2.24) is 0 Å². The van der Waals surface area contributed by atoms with Gasteiger partial charge in [-0.25, -0.2) is 9.59 Å². The van der Waals surface area contributed by atoms with Crippen molar-refractivity contribution in [2.45, 2.75) is 6.92 Å². The van der Waals surface area contributed by atoms with Gasteiger partial charge in [-0.1, -0.05) is 30.3 Å². The summed E-state index contributed by atoms with van der Waals surface area (Å²) in [7, 11) is 1.25. The second-order valence-electron chi connectivity index (χ2n) is 4.25. The third-order valence-electron chi connectivity index (χ3n) is 2.88. The molecule has 0 spiro atoms. The third kappa shape index (κ3) is 3.22. The molecule has 0 bridgehead atoms. The van der Waals surface area contributed by atoms with Gasteiger partial charge in [0, 0.05) is 10.4 Å². The van der Waals surface area contributed by atoms with Gasteiger partial charge in [-0.3, -0.25) is 0 Å². The first-order chi connectivity index (χ1) is 10.0. The number of thiophene rings is 1. The number of hydrogen-bond donors (Lipinski definition) is 1. The van der Waals surface area contributed by atoms with Crippen LogP contribution in [0.3, 0.4) is 0 Å². The van der Waals surface area contributed by atoms with Crippen molar-refractivity contribution >= 4 is 23.3 Å². The van der Waals surface area contributed by atoms with Crippen molar-refractivity contribution in [3.8, 4) is 16.2 Å². The van der Waals surface area contributed by atoms with Gasteiger partial charge in [0.2, 0.25) is 0 Å². The first-order valence-electron chi connectivity index (χ1n) is 6.16. The summed E-state index contributed by atoms with van der Waals surface area (Å²) < 4.78 is 9.83. The molecule has 0 aliphatic rings. The SMILES string of the molecule is COC(=O)COc1c(C(=O)O)sc(-c2ccccc2)c1C. The van der Waals surface area contributed by atoms with Crippen LogP contribution in [0.4, 0.5) is 0 Å². The Labute approximate surface area is 125 Å². The average Bonchev–Trinajstić information content (AvgIpc) is 2.83. The van der Waals surface area contributed by atoms with Crippen molar-refractivity contribution in [2.75, 3.05) is 13.7 Å². The number of carbonyl (C=O) groups is 2. The number of benzene rings is 1. The van der Waals surface area contributed by atoms with Crippen LogP contribution in [0.15, 0.2) is 30.3 Å². The highest BCUT2D eigenvalue weighted by molar-refractivity contribution is 7.18. The van der Waals surface area contributed by atoms with Crippen molar-refractivity contribution < 1.29 is 24.2 Å². The summed E-state index contributed by atoms with van der Waals surface area (Å²) in [4.78, 5) is 23.4. The quantitative estimate of drug-likeness (QED) is 0.860. The number of methoxy groups -OCH3 is 1. The minimum Gasteiger partial charge on any atom is -0.480 e. The van der Waals surface area contributed by atoms with Gasteiger partial charge in [-0.15, -0.1) is 11.3 Å². The van der Waals surface area contributed by atoms with E-state index in [1.165, 1.54) is 7.11 Å². The molecule has 1 aromatic carbocycles. The van der Waals surface area contributed by atoms with Gasteiger partial charge in [0.1, 0.15) is 5.75 Å². The molecular formula is C15H14O5S. The summed E-state index contributed by atoms with van der Waals surface area (Å²) in [5.74, 6) is -1.42. The second-order valence-corrected chi connectivity index (χ2v) is 5.27. The number of hydrogen-bond acceptors (Lipinski definition) is 5. The van der Waals surface area contributed by atoms with Crippen molar-refractivity contribution in [1.29, 1.82) is 0 Å². The smallest absolute Gasteiger partial charge is 0.349 e. The zero-order valence-electron chi connectivity index (χ0n) is 11.6. The molecule has 21 heavy (non-hydrogen) atoms. The molecule has 6 heteroatoms. The lowest BCUT2D eigenvalue weighted by atomic mass is 10.1. The van der Waals surface area contributed by atoms with Crippen LogP contribution >= 0.6 is 11.3 Å². The van der Waals surface area contributed by atoms with E-state index in [2.05, 4.69) is 4.74 Å². The largest absolute Gasteiger partial charge is 0.480 e. The third-order valence-corrected chi connectivity index (χ3v) is 4.19. The molecule has 0 fully saturated rings. The summed E-state index contributed by atoms with van der Waals surface area (Å²) in [5.41, 5.74) is 1.61. The number of rotatable bonds is 5. The highest BCUT2D eigenvalue weighted by Crippen LogP contribution is 2.41. The molecule has 0 unspecified atom stereocenters. The molecule has 0 aliphatic carbocycles. The van der Waals surface area contributed by atoms with E-state index in [9.17, 15) is 14.7 Å². The van der Waals surface area contributed by atoms with E-state index >= 15 is 0 Å². The molecule has 2 rings (SSSR count). The van der Waals surface area contributed by atoms with Crippen LogP contribution in [0.5, 0.6) is 5.75 Å². The Kier molecular flexibility index (Phi) is 4.59. The number of carboxylic acid groups (broad SMARTS) is 1. The van der Waals surface area contributed by atoms with Gasteiger partial charge < -0.3 is 14.6 Å². The Morgan fingerprint density at radius 2 is 1.90 bits per heavy atom. The molecular weight excluding hydrogens is 292 g/mol. The fourth-order valence-corrected chi connectivity index (χ4v) is 2.96.